The second kappa shape index (κ2) is 10.4. The molecule has 0 radical (unpaired) electrons. The molecule has 0 aliphatic carbocycles. The molecule has 0 bridgehead atoms. The van der Waals surface area contributed by atoms with Crippen molar-refractivity contribution in [2.75, 3.05) is 6.54 Å². The summed E-state index contributed by atoms with van der Waals surface area (Å²) in [6.07, 6.45) is 0.257. The lowest BCUT2D eigenvalue weighted by Crippen LogP contribution is -2.15. The smallest absolute Gasteiger partial charge is 0.306 e. The molecule has 0 aromatic heterocycles. The number of nitrogens with two attached hydrogens (primary N) is 1. The predicted octanol–water partition coefficient (Wildman–Crippen LogP) is 0.690. The number of rotatable bonds is 6. The van der Waals surface area contributed by atoms with Crippen LogP contribution in [0.15, 0.2) is 30.3 Å². The van der Waals surface area contributed by atoms with E-state index in [9.17, 15) is 9.59 Å². The van der Waals surface area contributed by atoms with Gasteiger partial charge in [-0.2, -0.15) is 0 Å². The fourth-order valence-corrected chi connectivity index (χ4v) is 1.15. The lowest BCUT2D eigenvalue weighted by atomic mass is 10.2. The van der Waals surface area contributed by atoms with Crippen LogP contribution in [-0.4, -0.2) is 28.6 Å². The minimum absolute atomic E-state index is 0.0219. The van der Waals surface area contributed by atoms with Gasteiger partial charge >= 0.3 is 5.97 Å². The number of benzene rings is 1. The van der Waals surface area contributed by atoms with Crippen LogP contribution in [0.25, 0.3) is 0 Å². The van der Waals surface area contributed by atoms with E-state index in [1.165, 1.54) is 0 Å². The highest BCUT2D eigenvalue weighted by Gasteiger charge is 2.06. The van der Waals surface area contributed by atoms with Gasteiger partial charge < -0.3 is 15.7 Å². The summed E-state index contributed by atoms with van der Waals surface area (Å²) in [7, 11) is 0. The molecule has 0 heterocycles. The summed E-state index contributed by atoms with van der Waals surface area (Å²) >= 11 is 0. The molecule has 0 saturated carbocycles. The van der Waals surface area contributed by atoms with E-state index in [1.807, 2.05) is 30.3 Å². The molecule has 8 heteroatoms. The van der Waals surface area contributed by atoms with Gasteiger partial charge in [0.05, 0.1) is 13.0 Å². The van der Waals surface area contributed by atoms with Gasteiger partial charge in [-0.15, -0.1) is 10.1 Å². The van der Waals surface area contributed by atoms with Gasteiger partial charge in [-0.3, -0.25) is 9.59 Å². The first-order valence-electron chi connectivity index (χ1n) is 5.70. The SMILES string of the molecule is NCC(=O)CCC(=O)OCc1ccccc1.O=[N+]([O-])O. The molecule has 20 heavy (non-hydrogen) atoms. The van der Waals surface area contributed by atoms with Crippen molar-refractivity contribution in [1.29, 1.82) is 0 Å². The van der Waals surface area contributed by atoms with Crippen LogP contribution in [0.5, 0.6) is 0 Å². The maximum atomic E-state index is 11.2. The molecule has 1 rings (SSSR count). The third-order valence-electron chi connectivity index (χ3n) is 2.08. The van der Waals surface area contributed by atoms with Gasteiger partial charge in [-0.1, -0.05) is 30.3 Å². The molecule has 1 aromatic carbocycles. The van der Waals surface area contributed by atoms with Gasteiger partial charge in [-0.25, -0.2) is 0 Å². The first-order chi connectivity index (χ1) is 9.45. The molecule has 110 valence electrons. The largest absolute Gasteiger partial charge is 0.461 e. The summed E-state index contributed by atoms with van der Waals surface area (Å²) in [6.45, 7) is 0.225. The second-order valence-corrected chi connectivity index (χ2v) is 3.63. The number of ether oxygens (including phenoxy) is 1. The van der Waals surface area contributed by atoms with E-state index < -0.39 is 5.09 Å². The van der Waals surface area contributed by atoms with Gasteiger partial charge in [0, 0.05) is 6.42 Å². The van der Waals surface area contributed by atoms with Crippen molar-refractivity contribution in [3.8, 4) is 0 Å². The lowest BCUT2D eigenvalue weighted by molar-refractivity contribution is -0.742. The zero-order valence-electron chi connectivity index (χ0n) is 10.7. The van der Waals surface area contributed by atoms with Gasteiger partial charge in [0.25, 0.3) is 5.09 Å². The summed E-state index contributed by atoms with van der Waals surface area (Å²) < 4.78 is 4.99. The van der Waals surface area contributed by atoms with E-state index in [0.717, 1.165) is 5.56 Å². The van der Waals surface area contributed by atoms with E-state index in [2.05, 4.69) is 0 Å². The van der Waals surface area contributed by atoms with Crippen LogP contribution in [-0.2, 0) is 20.9 Å². The second-order valence-electron chi connectivity index (χ2n) is 3.63. The summed E-state index contributed by atoms with van der Waals surface area (Å²) in [6, 6.07) is 9.39. The molecule has 0 saturated heterocycles. The molecular formula is C12H16N2O6. The molecule has 0 atom stereocenters. The molecule has 0 unspecified atom stereocenters. The lowest BCUT2D eigenvalue weighted by Gasteiger charge is -2.04. The van der Waals surface area contributed by atoms with Crippen molar-refractivity contribution in [2.24, 2.45) is 5.73 Å². The Kier molecular flexibility index (Phi) is 9.15. The fourth-order valence-electron chi connectivity index (χ4n) is 1.15. The predicted molar refractivity (Wildman–Crippen MR) is 68.3 cm³/mol. The number of hydrogen-bond acceptors (Lipinski definition) is 6. The Morgan fingerprint density at radius 3 is 2.30 bits per heavy atom. The third-order valence-corrected chi connectivity index (χ3v) is 2.08. The summed E-state index contributed by atoms with van der Waals surface area (Å²) in [4.78, 5) is 30.4. The van der Waals surface area contributed by atoms with Crippen LogP contribution < -0.4 is 5.73 Å². The Hall–Kier alpha value is -2.48. The molecule has 0 fully saturated rings. The average molecular weight is 284 g/mol. The third kappa shape index (κ3) is 10.7. The summed E-state index contributed by atoms with van der Waals surface area (Å²) in [5.41, 5.74) is 6.05. The molecule has 0 aliphatic rings. The van der Waals surface area contributed by atoms with E-state index in [1.54, 1.807) is 0 Å². The van der Waals surface area contributed by atoms with E-state index >= 15 is 0 Å². The minimum atomic E-state index is -1.50. The summed E-state index contributed by atoms with van der Waals surface area (Å²) in [5, 5.41) is 13.6. The molecule has 0 amide bonds. The van der Waals surface area contributed by atoms with Gasteiger partial charge in [0.1, 0.15) is 12.4 Å². The average Bonchev–Trinajstić information content (AvgIpc) is 2.43. The number of hydrogen-bond donors (Lipinski definition) is 2. The maximum absolute atomic E-state index is 11.2. The van der Waals surface area contributed by atoms with Gasteiger partial charge in [0.2, 0.25) is 0 Å². The van der Waals surface area contributed by atoms with E-state index in [-0.39, 0.29) is 37.7 Å². The highest BCUT2D eigenvalue weighted by molar-refractivity contribution is 5.84. The maximum Gasteiger partial charge on any atom is 0.306 e. The molecule has 1 aromatic rings. The molecular weight excluding hydrogens is 268 g/mol. The van der Waals surface area contributed by atoms with Crippen LogP contribution in [0, 0.1) is 10.1 Å². The number of carbonyl (C=O) groups excluding carboxylic acids is 2. The van der Waals surface area contributed by atoms with Gasteiger partial charge in [-0.05, 0) is 5.56 Å². The highest BCUT2D eigenvalue weighted by atomic mass is 16.9. The van der Waals surface area contributed by atoms with Crippen molar-refractivity contribution in [3.63, 3.8) is 0 Å². The van der Waals surface area contributed by atoms with Crippen molar-refractivity contribution in [2.45, 2.75) is 19.4 Å². The van der Waals surface area contributed by atoms with Crippen LogP contribution in [0.2, 0.25) is 0 Å². The van der Waals surface area contributed by atoms with Crippen molar-refractivity contribution < 1.29 is 24.6 Å². The Morgan fingerprint density at radius 1 is 1.25 bits per heavy atom. The number of nitrogens with zero attached hydrogens (tertiary/aromatic N) is 1. The Labute approximate surface area is 115 Å². The van der Waals surface area contributed by atoms with Gasteiger partial charge in [0.15, 0.2) is 0 Å². The first-order valence-corrected chi connectivity index (χ1v) is 5.70. The number of ketones is 1. The quantitative estimate of drug-likeness (QED) is 0.446. The fraction of sp³-hybridized carbons (Fsp3) is 0.333. The topological polar surface area (TPSA) is 133 Å². The zero-order chi connectivity index (χ0) is 15.4. The van der Waals surface area contributed by atoms with Crippen molar-refractivity contribution >= 4 is 11.8 Å². The zero-order valence-corrected chi connectivity index (χ0v) is 10.7. The van der Waals surface area contributed by atoms with E-state index in [4.69, 9.17) is 25.8 Å². The normalized spacial score (nSPS) is 9.05. The van der Waals surface area contributed by atoms with Crippen molar-refractivity contribution in [3.05, 3.63) is 46.0 Å². The molecule has 0 spiro atoms. The Morgan fingerprint density at radius 2 is 1.80 bits per heavy atom. The summed E-state index contributed by atoms with van der Waals surface area (Å²) in [5.74, 6) is -0.498. The van der Waals surface area contributed by atoms with Crippen molar-refractivity contribution in [1.82, 2.24) is 0 Å². The minimum Gasteiger partial charge on any atom is -0.461 e. The molecule has 3 N–H and O–H groups in total. The van der Waals surface area contributed by atoms with Crippen LogP contribution in [0.3, 0.4) is 0 Å². The van der Waals surface area contributed by atoms with Crippen LogP contribution in [0.4, 0.5) is 0 Å². The Balaban J connectivity index is 0.000000796. The Bertz CT molecular complexity index is 431. The molecule has 0 aliphatic heterocycles. The first kappa shape index (κ1) is 17.5. The van der Waals surface area contributed by atoms with Crippen LogP contribution in [0.1, 0.15) is 18.4 Å². The van der Waals surface area contributed by atoms with E-state index in [0.29, 0.717) is 0 Å². The monoisotopic (exact) mass is 284 g/mol. The molecule has 8 nitrogen and oxygen atoms in total. The standard InChI is InChI=1S/C12H15NO3.HNO3/c13-8-11(14)6-7-12(15)16-9-10-4-2-1-3-5-10;2-1(3)4/h1-5H,6-9,13H2;(H,2,3,4). The number of Topliss-reactive ketones (excluding diaryl/α,β-unsaturated/α-hetero) is 1. The van der Waals surface area contributed by atoms with Crippen LogP contribution >= 0.6 is 0 Å². The highest BCUT2D eigenvalue weighted by Crippen LogP contribution is 2.02. The number of esters is 1. The number of carbonyl (C=O) groups is 2.